The number of thioether (sulfide) groups is 1. The summed E-state index contributed by atoms with van der Waals surface area (Å²) >= 11 is 1.13. The highest BCUT2D eigenvalue weighted by Gasteiger charge is 2.37. The highest BCUT2D eigenvalue weighted by molar-refractivity contribution is 8.01. The molecule has 5 nitrogen and oxygen atoms in total. The first-order valence-electron chi connectivity index (χ1n) is 14.1. The van der Waals surface area contributed by atoms with Gasteiger partial charge in [0, 0.05) is 17.7 Å². The van der Waals surface area contributed by atoms with Crippen LogP contribution in [0.25, 0.3) is 11.1 Å². The fourth-order valence-corrected chi connectivity index (χ4v) is 6.55. The minimum absolute atomic E-state index is 0.0394. The fraction of sp³-hybridized carbons (Fsp3) is 0.424. The maximum atomic E-state index is 13.5. The van der Waals surface area contributed by atoms with Gasteiger partial charge in [0.15, 0.2) is 0 Å². The molecule has 0 spiro atoms. The summed E-state index contributed by atoms with van der Waals surface area (Å²) in [7, 11) is 1.66. The lowest BCUT2D eigenvalue weighted by Crippen LogP contribution is -2.16. The monoisotopic (exact) mass is 582 g/mol. The normalized spacial score (nSPS) is 17.8. The summed E-state index contributed by atoms with van der Waals surface area (Å²) in [6.45, 7) is 7.64. The van der Waals surface area contributed by atoms with E-state index in [1.807, 2.05) is 18.2 Å². The van der Waals surface area contributed by atoms with Gasteiger partial charge in [-0.05, 0) is 72.4 Å². The Balaban J connectivity index is 0.000000186. The second-order valence-electron chi connectivity index (χ2n) is 10.6. The van der Waals surface area contributed by atoms with Gasteiger partial charge in [0.25, 0.3) is 5.91 Å². The molecule has 0 radical (unpaired) electrons. The number of nitrogens with zero attached hydrogens (tertiary/aromatic N) is 1. The van der Waals surface area contributed by atoms with E-state index >= 15 is 0 Å². The van der Waals surface area contributed by atoms with Crippen molar-refractivity contribution in [3.05, 3.63) is 77.1 Å². The largest absolute Gasteiger partial charge is 0.496 e. The first-order chi connectivity index (χ1) is 19.6. The van der Waals surface area contributed by atoms with E-state index < -0.39 is 17.5 Å². The molecule has 2 heterocycles. The molecule has 2 unspecified atom stereocenters. The van der Waals surface area contributed by atoms with E-state index in [-0.39, 0.29) is 22.6 Å². The Morgan fingerprint density at radius 1 is 1.00 bits per heavy atom. The van der Waals surface area contributed by atoms with Gasteiger partial charge in [-0.15, -0.1) is 11.8 Å². The zero-order valence-electron chi connectivity index (χ0n) is 24.5. The van der Waals surface area contributed by atoms with Crippen LogP contribution in [0.1, 0.15) is 87.3 Å². The Morgan fingerprint density at radius 3 is 2.20 bits per heavy atom. The van der Waals surface area contributed by atoms with Crippen molar-refractivity contribution >= 4 is 23.5 Å². The first-order valence-corrected chi connectivity index (χ1v) is 15.0. The molecular weight excluding hydrogens is 542 g/mol. The highest BCUT2D eigenvalue weighted by atomic mass is 32.2. The van der Waals surface area contributed by atoms with Crippen LogP contribution in [0.3, 0.4) is 0 Å². The summed E-state index contributed by atoms with van der Waals surface area (Å²) < 4.78 is 32.2. The molecule has 41 heavy (non-hydrogen) atoms. The van der Waals surface area contributed by atoms with Gasteiger partial charge in [0.2, 0.25) is 0 Å². The molecule has 2 atom stereocenters. The van der Waals surface area contributed by atoms with Crippen molar-refractivity contribution in [3.8, 4) is 16.9 Å². The number of aryl methyl sites for hydroxylation is 1. The minimum atomic E-state index is -0.522. The lowest BCUT2D eigenvalue weighted by molar-refractivity contribution is -0.116. The quantitative estimate of drug-likeness (QED) is 0.328. The average molecular weight is 583 g/mol. The number of carbonyl (C=O) groups is 2. The molecule has 3 aromatic rings. The van der Waals surface area contributed by atoms with Gasteiger partial charge in [0.05, 0.1) is 17.3 Å². The summed E-state index contributed by atoms with van der Waals surface area (Å²) in [6.07, 6.45) is 9.91. The van der Waals surface area contributed by atoms with E-state index in [4.69, 9.17) is 10.5 Å². The number of aromatic nitrogens is 1. The van der Waals surface area contributed by atoms with Crippen LogP contribution in [0.4, 0.5) is 8.78 Å². The van der Waals surface area contributed by atoms with Crippen molar-refractivity contribution in [1.29, 1.82) is 0 Å². The van der Waals surface area contributed by atoms with E-state index in [1.54, 1.807) is 26.3 Å². The average Bonchev–Trinajstić information content (AvgIpc) is 3.34. The molecular formula is C33H40F2N2O3S. The Labute approximate surface area is 246 Å². The predicted molar refractivity (Wildman–Crippen MR) is 161 cm³/mol. The molecule has 1 aliphatic carbocycles. The standard InChI is InChI=1S/C15H16N2O2.C11H10F2OS.C7H14/c1-3-10-8-11(4-5-14(10)19-2)12-6-7-17-13(9-12)15(16)18;1-5-9-7(12)3-4-8(13)11(9)15-10(5)6(2)14;1-7-5-3-2-4-6-7/h4-9H,3H2,1-2H3,(H2,16,18);3-5,10H,1-2H3;7H,2-6H2,1H3. The number of methoxy groups -OCH3 is 1. The van der Waals surface area contributed by atoms with Crippen LogP contribution in [-0.2, 0) is 11.2 Å². The van der Waals surface area contributed by atoms with Crippen molar-refractivity contribution in [2.24, 2.45) is 11.7 Å². The van der Waals surface area contributed by atoms with Crippen LogP contribution in [0, 0.1) is 17.6 Å². The number of fused-ring (bicyclic) bond motifs is 1. The van der Waals surface area contributed by atoms with Gasteiger partial charge >= 0.3 is 0 Å². The minimum Gasteiger partial charge on any atom is -0.496 e. The summed E-state index contributed by atoms with van der Waals surface area (Å²) in [4.78, 5) is 26.7. The lowest BCUT2D eigenvalue weighted by Gasteiger charge is -2.15. The van der Waals surface area contributed by atoms with E-state index in [2.05, 4.69) is 24.9 Å². The number of Topliss-reactive ketones (excluding diaryl/α,β-unsaturated/α-hetero) is 1. The van der Waals surface area contributed by atoms with Crippen molar-refractivity contribution in [2.75, 3.05) is 7.11 Å². The van der Waals surface area contributed by atoms with Crippen molar-refractivity contribution in [1.82, 2.24) is 4.98 Å². The Hall–Kier alpha value is -3.26. The number of ether oxygens (including phenoxy) is 1. The molecule has 0 bridgehead atoms. The Kier molecular flexibility index (Phi) is 11.9. The molecule has 1 saturated carbocycles. The third-order valence-corrected chi connectivity index (χ3v) is 9.20. The number of halogens is 2. The number of nitrogens with two attached hydrogens (primary N) is 1. The van der Waals surface area contributed by atoms with Gasteiger partial charge in [0.1, 0.15) is 28.9 Å². The lowest BCUT2D eigenvalue weighted by atomic mass is 9.91. The van der Waals surface area contributed by atoms with Crippen molar-refractivity contribution < 1.29 is 23.1 Å². The third kappa shape index (κ3) is 8.38. The molecule has 1 aromatic heterocycles. The van der Waals surface area contributed by atoms with Gasteiger partial charge in [-0.25, -0.2) is 8.78 Å². The van der Waals surface area contributed by atoms with Crippen LogP contribution in [0.5, 0.6) is 5.75 Å². The molecule has 0 saturated heterocycles. The fourth-order valence-electron chi connectivity index (χ4n) is 5.19. The molecule has 8 heteroatoms. The summed E-state index contributed by atoms with van der Waals surface area (Å²) in [5.74, 6) is 0.234. The molecule has 220 valence electrons. The third-order valence-electron chi connectivity index (χ3n) is 7.55. The smallest absolute Gasteiger partial charge is 0.267 e. The molecule has 2 aliphatic rings. The topological polar surface area (TPSA) is 82.3 Å². The first kappa shape index (κ1) is 32.3. The number of amides is 1. The number of carbonyl (C=O) groups excluding carboxylic acids is 2. The zero-order chi connectivity index (χ0) is 30.1. The van der Waals surface area contributed by atoms with Crippen LogP contribution in [0.15, 0.2) is 53.6 Å². The second kappa shape index (κ2) is 15.1. The molecule has 1 fully saturated rings. The number of benzene rings is 2. The predicted octanol–water partition coefficient (Wildman–Crippen LogP) is 8.14. The number of hydrogen-bond donors (Lipinski definition) is 1. The SMILES string of the molecule is CC(=O)C1Sc2c(F)ccc(F)c2C1C.CC1CCCCC1.CCc1cc(-c2ccnc(C(N)=O)c2)ccc1OC. The zero-order valence-corrected chi connectivity index (χ0v) is 25.3. The van der Waals surface area contributed by atoms with Gasteiger partial charge in [-0.3, -0.25) is 14.6 Å². The molecule has 5 rings (SSSR count). The second-order valence-corrected chi connectivity index (χ2v) is 11.8. The molecule has 2 N–H and O–H groups in total. The Morgan fingerprint density at radius 2 is 1.66 bits per heavy atom. The number of hydrogen-bond acceptors (Lipinski definition) is 5. The van der Waals surface area contributed by atoms with Gasteiger partial charge in [-0.2, -0.15) is 0 Å². The summed E-state index contributed by atoms with van der Waals surface area (Å²) in [5.41, 5.74) is 8.91. The van der Waals surface area contributed by atoms with E-state index in [9.17, 15) is 18.4 Å². The van der Waals surface area contributed by atoms with Crippen LogP contribution in [0.2, 0.25) is 0 Å². The molecule has 1 amide bonds. The van der Waals surface area contributed by atoms with Crippen molar-refractivity contribution in [2.45, 2.75) is 82.3 Å². The Bertz CT molecular complexity index is 1360. The molecule has 1 aliphatic heterocycles. The number of primary amides is 1. The van der Waals surface area contributed by atoms with Crippen LogP contribution >= 0.6 is 11.8 Å². The summed E-state index contributed by atoms with van der Waals surface area (Å²) in [5, 5.41) is -0.355. The van der Waals surface area contributed by atoms with E-state index in [1.165, 1.54) is 39.0 Å². The van der Waals surface area contributed by atoms with Gasteiger partial charge < -0.3 is 10.5 Å². The van der Waals surface area contributed by atoms with Crippen LogP contribution in [-0.4, -0.2) is 29.0 Å². The maximum Gasteiger partial charge on any atom is 0.267 e. The van der Waals surface area contributed by atoms with Crippen molar-refractivity contribution in [3.63, 3.8) is 0 Å². The van der Waals surface area contributed by atoms with E-state index in [0.29, 0.717) is 10.5 Å². The summed E-state index contributed by atoms with van der Waals surface area (Å²) in [6, 6.07) is 11.7. The van der Waals surface area contributed by atoms with Gasteiger partial charge in [-0.1, -0.05) is 58.9 Å². The number of ketones is 1. The molecule has 2 aromatic carbocycles. The number of pyridine rings is 1. The maximum absolute atomic E-state index is 13.5. The van der Waals surface area contributed by atoms with E-state index in [0.717, 1.165) is 58.7 Å². The van der Waals surface area contributed by atoms with Crippen LogP contribution < -0.4 is 10.5 Å². The number of rotatable bonds is 5. The highest BCUT2D eigenvalue weighted by Crippen LogP contribution is 2.47.